The molecular weight excluding hydrogens is 1020 g/mol. The molecule has 3 aliphatic heterocycles. The van der Waals surface area contributed by atoms with Gasteiger partial charge in [-0.1, -0.05) is 93.3 Å². The van der Waals surface area contributed by atoms with Gasteiger partial charge in [0.25, 0.3) is 5.91 Å². The number of nitrogens with two attached hydrogens (primary N) is 2. The molecule has 7 rings (SSSR count). The summed E-state index contributed by atoms with van der Waals surface area (Å²) in [6.07, 6.45) is 6.91. The molecule has 19 heteroatoms. The van der Waals surface area contributed by atoms with E-state index in [1.54, 1.807) is 24.3 Å². The van der Waals surface area contributed by atoms with E-state index < -0.39 is 89.7 Å². The maximum atomic E-state index is 14.5. The van der Waals surface area contributed by atoms with Crippen LogP contribution in [0.25, 0.3) is 22.3 Å². The van der Waals surface area contributed by atoms with Crippen molar-refractivity contribution in [1.82, 2.24) is 36.4 Å². The fraction of sp³-hybridized carbons (Fsp3) is 0.492. The van der Waals surface area contributed by atoms with Crippen LogP contribution in [0.3, 0.4) is 0 Å². The highest BCUT2D eigenvalue weighted by molar-refractivity contribution is 6.00. The zero-order valence-corrected chi connectivity index (χ0v) is 46.2. The Labute approximate surface area is 469 Å². The molecule has 0 unspecified atom stereocenters. The third-order valence-electron chi connectivity index (χ3n) is 15.3. The molecule has 4 aromatic carbocycles. The largest absolute Gasteiger partial charge is 0.508 e. The van der Waals surface area contributed by atoms with Crippen LogP contribution < -0.4 is 42.8 Å². The predicted molar refractivity (Wildman–Crippen MR) is 305 cm³/mol. The Bertz CT molecular complexity index is 2710. The van der Waals surface area contributed by atoms with Crippen molar-refractivity contribution in [3.63, 3.8) is 0 Å². The lowest BCUT2D eigenvalue weighted by atomic mass is 9.99. The van der Waals surface area contributed by atoms with Crippen molar-refractivity contribution in [3.05, 3.63) is 108 Å². The van der Waals surface area contributed by atoms with Gasteiger partial charge in [0.2, 0.25) is 35.4 Å². The van der Waals surface area contributed by atoms with E-state index in [0.29, 0.717) is 32.4 Å². The number of rotatable bonds is 19. The van der Waals surface area contributed by atoms with Crippen LogP contribution in [0, 0.1) is 0 Å². The van der Waals surface area contributed by atoms with E-state index in [-0.39, 0.29) is 75.9 Å². The second kappa shape index (κ2) is 29.7. The first-order valence-electron chi connectivity index (χ1n) is 28.6. The second-order valence-corrected chi connectivity index (χ2v) is 21.4. The van der Waals surface area contributed by atoms with Gasteiger partial charge in [0.15, 0.2) is 0 Å². The quantitative estimate of drug-likeness (QED) is 0.0583. The molecule has 0 spiro atoms. The molecule has 0 bridgehead atoms. The van der Waals surface area contributed by atoms with Gasteiger partial charge in [-0.05, 0) is 148 Å². The monoisotopic (exact) mass is 1100 g/mol. The van der Waals surface area contributed by atoms with Crippen LogP contribution in [-0.4, -0.2) is 143 Å². The Morgan fingerprint density at radius 2 is 1.32 bits per heavy atom. The van der Waals surface area contributed by atoms with Crippen molar-refractivity contribution in [2.24, 2.45) is 11.5 Å². The van der Waals surface area contributed by atoms with Crippen molar-refractivity contribution in [3.8, 4) is 33.8 Å². The van der Waals surface area contributed by atoms with Crippen molar-refractivity contribution in [1.29, 1.82) is 0 Å². The summed E-state index contributed by atoms with van der Waals surface area (Å²) in [5.41, 5.74) is 17.1. The van der Waals surface area contributed by atoms with E-state index in [2.05, 4.69) is 33.5 Å². The molecule has 80 heavy (non-hydrogen) atoms. The fourth-order valence-corrected chi connectivity index (χ4v) is 10.7. The highest BCUT2D eigenvalue weighted by atomic mass is 16.5. The number of ether oxygens (including phenoxy) is 1. The average Bonchev–Trinajstić information content (AvgIpc) is 4.16. The summed E-state index contributed by atoms with van der Waals surface area (Å²) >= 11 is 0. The average molecular weight is 1100 g/mol. The van der Waals surface area contributed by atoms with Gasteiger partial charge in [-0.3, -0.25) is 33.6 Å². The Morgan fingerprint density at radius 3 is 1.98 bits per heavy atom. The number of carbonyl (C=O) groups excluding carboxylic acids is 7. The van der Waals surface area contributed by atoms with Crippen molar-refractivity contribution >= 4 is 41.4 Å². The van der Waals surface area contributed by atoms with Gasteiger partial charge in [0.05, 0.1) is 12.7 Å². The number of nitrogens with one attached hydrogen (secondary N) is 5. The standard InChI is InChI=1S/C61H81N9O10/c1-3-4-5-6-9-36-80-48-30-26-44(27-31-48)42-20-18-41(19-21-42)43-22-24-45(25-23-43)55(73)65-49-13-10-34-64-58(76)53-37-46(63)38-70(53)60(78)51(12-7-8-33-62)67-56(74)50(32-17-40-15-28-47(72)29-16-40)66-59(77)52-14-11-35-69(52)61(79)54(39(2)71)68-57(49)75/h15-16,18-31,39,46,49-54,71-72H,3-14,17,32-38,62-63H2,1-2H3,(H,64,76)(H,65,73)(H,66,77)(H,67,74)(H,68,75)/t39-,46+,49+,50+,51+,52+,53+,54+/m1/s1. The van der Waals surface area contributed by atoms with Crippen molar-refractivity contribution < 1.29 is 48.5 Å². The van der Waals surface area contributed by atoms with E-state index >= 15 is 0 Å². The minimum Gasteiger partial charge on any atom is -0.508 e. The lowest BCUT2D eigenvalue weighted by molar-refractivity contribution is -0.144. The number of fused-ring (bicyclic) bond motifs is 2. The number of phenols is 1. The van der Waals surface area contributed by atoms with Crippen LogP contribution in [0.5, 0.6) is 11.5 Å². The highest BCUT2D eigenvalue weighted by Crippen LogP contribution is 2.28. The molecule has 8 atom stereocenters. The van der Waals surface area contributed by atoms with Crippen LogP contribution in [0.1, 0.15) is 120 Å². The van der Waals surface area contributed by atoms with Crippen molar-refractivity contribution in [2.45, 2.75) is 159 Å². The molecule has 0 aromatic heterocycles. The molecule has 4 aromatic rings. The maximum Gasteiger partial charge on any atom is 0.251 e. The lowest BCUT2D eigenvalue weighted by Crippen LogP contribution is -2.61. The number of aromatic hydroxyl groups is 1. The number of phenolic OH excluding ortho intramolecular Hbond substituents is 1. The summed E-state index contributed by atoms with van der Waals surface area (Å²) in [4.78, 5) is 103. The van der Waals surface area contributed by atoms with Crippen LogP contribution >= 0.6 is 0 Å². The van der Waals surface area contributed by atoms with Gasteiger partial charge in [-0.15, -0.1) is 0 Å². The minimum atomic E-state index is -1.54. The minimum absolute atomic E-state index is 0.0137. The summed E-state index contributed by atoms with van der Waals surface area (Å²) < 4.78 is 5.95. The first-order chi connectivity index (χ1) is 38.6. The van der Waals surface area contributed by atoms with Gasteiger partial charge in [-0.2, -0.15) is 0 Å². The second-order valence-electron chi connectivity index (χ2n) is 21.4. The smallest absolute Gasteiger partial charge is 0.251 e. The van der Waals surface area contributed by atoms with Gasteiger partial charge in [-0.25, -0.2) is 0 Å². The third-order valence-corrected chi connectivity index (χ3v) is 15.3. The summed E-state index contributed by atoms with van der Waals surface area (Å²) in [5.74, 6) is -3.54. The maximum absolute atomic E-state index is 14.5. The molecule has 0 radical (unpaired) electrons. The third kappa shape index (κ3) is 16.6. The molecule has 3 heterocycles. The predicted octanol–water partition coefficient (Wildman–Crippen LogP) is 4.60. The number of benzene rings is 4. The number of aliphatic hydroxyl groups excluding tert-OH is 1. The van der Waals surface area contributed by atoms with Gasteiger partial charge in [0.1, 0.15) is 47.8 Å². The molecule has 19 nitrogen and oxygen atoms in total. The number of aryl methyl sites for hydroxylation is 1. The molecule has 3 saturated heterocycles. The van der Waals surface area contributed by atoms with Crippen LogP contribution in [0.2, 0.25) is 0 Å². The Morgan fingerprint density at radius 1 is 0.688 bits per heavy atom. The number of hydrogen-bond donors (Lipinski definition) is 9. The first kappa shape index (κ1) is 60.3. The molecule has 3 fully saturated rings. The van der Waals surface area contributed by atoms with E-state index in [9.17, 15) is 43.8 Å². The summed E-state index contributed by atoms with van der Waals surface area (Å²) in [6.45, 7) is 4.76. The SMILES string of the molecule is CCCCCCCOc1ccc(-c2ccc(-c3ccc(C(=O)N[C@H]4CCCNC(=O)[C@@H]5C[C@H](N)CN5C(=O)[C@H](CCCCN)NC(=O)[C@H](CCc5ccc(O)cc5)NC(=O)[C@@H]5CCCN5C(=O)[C@H]([C@@H](C)O)NC4=O)cc3)cc2)cc1. The first-order valence-corrected chi connectivity index (χ1v) is 28.6. The fourth-order valence-electron chi connectivity index (χ4n) is 10.7. The number of aliphatic hydroxyl groups is 1. The van der Waals surface area contributed by atoms with E-state index in [4.69, 9.17) is 16.2 Å². The summed E-state index contributed by atoms with van der Waals surface area (Å²) in [6, 6.07) is 21.7. The molecule has 0 aliphatic carbocycles. The van der Waals surface area contributed by atoms with Crippen LogP contribution in [0.4, 0.5) is 0 Å². The topological polar surface area (TPSA) is 288 Å². The number of unbranched alkanes of at least 4 members (excludes halogenated alkanes) is 5. The number of nitrogens with zero attached hydrogens (tertiary/aromatic N) is 2. The number of hydrogen-bond acceptors (Lipinski definition) is 12. The number of amides is 7. The van der Waals surface area contributed by atoms with Gasteiger partial charge < -0.3 is 62.8 Å². The summed E-state index contributed by atoms with van der Waals surface area (Å²) in [7, 11) is 0. The van der Waals surface area contributed by atoms with Gasteiger partial charge in [0, 0.05) is 31.2 Å². The Kier molecular flexibility index (Phi) is 22.4. The number of carbonyl (C=O) groups is 7. The van der Waals surface area contributed by atoms with Crippen molar-refractivity contribution in [2.75, 3.05) is 32.8 Å². The Balaban J connectivity index is 1.09. The molecular formula is C61H81N9O10. The van der Waals surface area contributed by atoms with E-state index in [1.165, 1.54) is 48.1 Å². The highest BCUT2D eigenvalue weighted by Gasteiger charge is 2.43. The normalized spacial score (nSPS) is 22.9. The molecule has 11 N–H and O–H groups in total. The molecule has 3 aliphatic rings. The van der Waals surface area contributed by atoms with E-state index in [1.807, 2.05) is 60.7 Å². The molecule has 7 amide bonds. The molecule has 430 valence electrons. The van der Waals surface area contributed by atoms with Gasteiger partial charge >= 0.3 is 0 Å². The van der Waals surface area contributed by atoms with Crippen LogP contribution in [0.15, 0.2) is 97.1 Å². The zero-order chi connectivity index (χ0) is 57.1. The lowest BCUT2D eigenvalue weighted by Gasteiger charge is -2.32. The van der Waals surface area contributed by atoms with Crippen LogP contribution in [-0.2, 0) is 35.2 Å². The van der Waals surface area contributed by atoms with E-state index in [0.717, 1.165) is 46.4 Å². The zero-order valence-electron chi connectivity index (χ0n) is 46.2. The Hall–Kier alpha value is -7.35. The molecule has 0 saturated carbocycles. The summed E-state index contributed by atoms with van der Waals surface area (Å²) in [5, 5.41) is 35.1.